The molecule has 11 heavy (non-hydrogen) atoms. The van der Waals surface area contributed by atoms with Crippen molar-refractivity contribution in [1.29, 1.82) is 0 Å². The zero-order chi connectivity index (χ0) is 8.43. The number of hydrogen-bond acceptors (Lipinski definition) is 0. The number of rotatable bonds is 1. The Bertz CT molecular complexity index is 252. The van der Waals surface area contributed by atoms with Gasteiger partial charge in [-0.1, -0.05) is 0 Å². The molecule has 0 aliphatic rings. The van der Waals surface area contributed by atoms with Crippen LogP contribution in [0.3, 0.4) is 0 Å². The highest BCUT2D eigenvalue weighted by Crippen LogP contribution is 2.21. The Balaban J connectivity index is 3.25. The summed E-state index contributed by atoms with van der Waals surface area (Å²) >= 11 is 9.70. The van der Waals surface area contributed by atoms with Crippen LogP contribution in [0.5, 0.6) is 0 Å². The van der Waals surface area contributed by atoms with Crippen LogP contribution in [0.2, 0.25) is 0 Å². The average Bonchev–Trinajstić information content (AvgIpc) is 1.85. The largest absolute Gasteiger partial charge is 0.207 e. The molecule has 0 unspecified atom stereocenters. The van der Waals surface area contributed by atoms with Crippen molar-refractivity contribution < 1.29 is 4.39 Å². The van der Waals surface area contributed by atoms with Crippen molar-refractivity contribution in [2.24, 2.45) is 0 Å². The van der Waals surface area contributed by atoms with Gasteiger partial charge in [0.1, 0.15) is 5.82 Å². The number of hydrogen-bond donors (Lipinski definition) is 0. The van der Waals surface area contributed by atoms with E-state index in [-0.39, 0.29) is 11.7 Å². The molecular formula is C7H4ClFI2. The van der Waals surface area contributed by atoms with E-state index in [9.17, 15) is 4.39 Å². The first-order valence-corrected chi connectivity index (χ1v) is 5.53. The second kappa shape index (κ2) is 4.23. The number of halogens is 4. The summed E-state index contributed by atoms with van der Waals surface area (Å²) < 4.78 is 14.8. The molecular weight excluding hydrogens is 392 g/mol. The molecule has 60 valence electrons. The molecule has 0 aliphatic carbocycles. The SMILES string of the molecule is Fc1cc(I)cc(I)c1CCl. The van der Waals surface area contributed by atoms with Crippen LogP contribution in [0.1, 0.15) is 5.56 Å². The van der Waals surface area contributed by atoms with Crippen molar-refractivity contribution in [2.45, 2.75) is 5.88 Å². The van der Waals surface area contributed by atoms with Gasteiger partial charge in [0.25, 0.3) is 0 Å². The van der Waals surface area contributed by atoms with E-state index < -0.39 is 0 Å². The Hall–Kier alpha value is 0.900. The van der Waals surface area contributed by atoms with Crippen LogP contribution in [-0.2, 0) is 5.88 Å². The maximum atomic E-state index is 13.0. The van der Waals surface area contributed by atoms with Crippen molar-refractivity contribution in [3.63, 3.8) is 0 Å². The van der Waals surface area contributed by atoms with Gasteiger partial charge in [-0.05, 0) is 57.3 Å². The fourth-order valence-electron chi connectivity index (χ4n) is 0.700. The summed E-state index contributed by atoms with van der Waals surface area (Å²) in [4.78, 5) is 0. The molecule has 0 aliphatic heterocycles. The van der Waals surface area contributed by atoms with Gasteiger partial charge in [-0.3, -0.25) is 0 Å². The molecule has 1 rings (SSSR count). The second-order valence-corrected chi connectivity index (χ2v) is 4.66. The van der Waals surface area contributed by atoms with Crippen molar-refractivity contribution >= 4 is 56.8 Å². The van der Waals surface area contributed by atoms with Crippen molar-refractivity contribution in [2.75, 3.05) is 0 Å². The Morgan fingerprint density at radius 1 is 1.36 bits per heavy atom. The van der Waals surface area contributed by atoms with E-state index in [1.807, 2.05) is 6.07 Å². The summed E-state index contributed by atoms with van der Waals surface area (Å²) in [6.45, 7) is 0. The quantitative estimate of drug-likeness (QED) is 0.501. The zero-order valence-electron chi connectivity index (χ0n) is 5.37. The molecule has 0 bridgehead atoms. The summed E-state index contributed by atoms with van der Waals surface area (Å²) in [5.41, 5.74) is 0.590. The lowest BCUT2D eigenvalue weighted by atomic mass is 10.2. The molecule has 0 radical (unpaired) electrons. The highest BCUT2D eigenvalue weighted by molar-refractivity contribution is 14.1. The van der Waals surface area contributed by atoms with Crippen LogP contribution in [0.15, 0.2) is 12.1 Å². The van der Waals surface area contributed by atoms with Gasteiger partial charge < -0.3 is 0 Å². The first-order valence-electron chi connectivity index (χ1n) is 2.84. The van der Waals surface area contributed by atoms with E-state index in [2.05, 4.69) is 45.2 Å². The lowest BCUT2D eigenvalue weighted by Gasteiger charge is -2.01. The lowest BCUT2D eigenvalue weighted by molar-refractivity contribution is 0.614. The Morgan fingerprint density at radius 3 is 2.45 bits per heavy atom. The van der Waals surface area contributed by atoms with Gasteiger partial charge in [-0.2, -0.15) is 0 Å². The highest BCUT2D eigenvalue weighted by Gasteiger charge is 2.06. The maximum absolute atomic E-state index is 13.0. The van der Waals surface area contributed by atoms with Crippen LogP contribution < -0.4 is 0 Å². The summed E-state index contributed by atoms with van der Waals surface area (Å²) in [6, 6.07) is 3.39. The van der Waals surface area contributed by atoms with Crippen molar-refractivity contribution in [1.82, 2.24) is 0 Å². The first kappa shape index (κ1) is 9.98. The van der Waals surface area contributed by atoms with Gasteiger partial charge in [0.15, 0.2) is 0 Å². The van der Waals surface area contributed by atoms with Gasteiger partial charge in [-0.15, -0.1) is 11.6 Å². The van der Waals surface area contributed by atoms with Crippen molar-refractivity contribution in [3.8, 4) is 0 Å². The van der Waals surface area contributed by atoms with Gasteiger partial charge in [0, 0.05) is 12.7 Å². The third-order valence-electron chi connectivity index (χ3n) is 1.24. The van der Waals surface area contributed by atoms with Crippen LogP contribution in [-0.4, -0.2) is 0 Å². The Kier molecular flexibility index (Phi) is 3.84. The highest BCUT2D eigenvalue weighted by atomic mass is 127. The minimum absolute atomic E-state index is 0.212. The summed E-state index contributed by atoms with van der Waals surface area (Å²) in [5.74, 6) is 0.0254. The van der Waals surface area contributed by atoms with E-state index >= 15 is 0 Å². The molecule has 0 aromatic heterocycles. The molecule has 0 spiro atoms. The molecule has 0 N–H and O–H groups in total. The smallest absolute Gasteiger partial charge is 0.129 e. The summed E-state index contributed by atoms with van der Waals surface area (Å²) in [6.07, 6.45) is 0. The molecule has 0 fully saturated rings. The molecule has 4 heteroatoms. The van der Waals surface area contributed by atoms with E-state index in [0.717, 1.165) is 7.14 Å². The third-order valence-corrected chi connectivity index (χ3v) is 3.09. The molecule has 0 saturated carbocycles. The second-order valence-electron chi connectivity index (χ2n) is 1.98. The molecule has 0 saturated heterocycles. The standard InChI is InChI=1S/C7H4ClFI2/c8-3-5-6(9)1-4(10)2-7(5)11/h1-2H,3H2. The minimum atomic E-state index is -0.212. The zero-order valence-corrected chi connectivity index (χ0v) is 10.4. The van der Waals surface area contributed by atoms with Gasteiger partial charge in [-0.25, -0.2) is 4.39 Å². The first-order chi connectivity index (χ1) is 5.15. The van der Waals surface area contributed by atoms with Crippen LogP contribution in [0.25, 0.3) is 0 Å². The molecule has 0 heterocycles. The molecule has 1 aromatic rings. The van der Waals surface area contributed by atoms with Crippen LogP contribution in [0, 0.1) is 13.0 Å². The van der Waals surface area contributed by atoms with E-state index in [1.54, 1.807) is 0 Å². The monoisotopic (exact) mass is 396 g/mol. The topological polar surface area (TPSA) is 0 Å². The molecule has 0 amide bonds. The maximum Gasteiger partial charge on any atom is 0.129 e. The molecule has 1 aromatic carbocycles. The predicted octanol–water partition coefficient (Wildman–Crippen LogP) is 3.77. The average molecular weight is 396 g/mol. The molecule has 0 atom stereocenters. The lowest BCUT2D eigenvalue weighted by Crippen LogP contribution is -1.91. The number of benzene rings is 1. The fourth-order valence-corrected chi connectivity index (χ4v) is 3.16. The van der Waals surface area contributed by atoms with E-state index in [0.29, 0.717) is 5.56 Å². The van der Waals surface area contributed by atoms with Gasteiger partial charge in [0.2, 0.25) is 0 Å². The third kappa shape index (κ3) is 2.42. The molecule has 0 nitrogen and oxygen atoms in total. The Labute approximate surface area is 96.8 Å². The fraction of sp³-hybridized carbons (Fsp3) is 0.143. The van der Waals surface area contributed by atoms with Gasteiger partial charge in [0.05, 0.1) is 5.88 Å². The minimum Gasteiger partial charge on any atom is -0.207 e. The normalized spacial score (nSPS) is 10.2. The van der Waals surface area contributed by atoms with Crippen molar-refractivity contribution in [3.05, 3.63) is 30.7 Å². The van der Waals surface area contributed by atoms with Crippen LogP contribution >= 0.6 is 56.8 Å². The van der Waals surface area contributed by atoms with Crippen LogP contribution in [0.4, 0.5) is 4.39 Å². The Morgan fingerprint density at radius 2 is 2.00 bits per heavy atom. The summed E-state index contributed by atoms with van der Waals surface area (Å²) in [7, 11) is 0. The summed E-state index contributed by atoms with van der Waals surface area (Å²) in [5, 5.41) is 0. The predicted molar refractivity (Wildman–Crippen MR) is 61.4 cm³/mol. The van der Waals surface area contributed by atoms with E-state index in [1.165, 1.54) is 6.07 Å². The number of alkyl halides is 1. The van der Waals surface area contributed by atoms with E-state index in [4.69, 9.17) is 11.6 Å². The van der Waals surface area contributed by atoms with Gasteiger partial charge >= 0.3 is 0 Å².